The zero-order valence-electron chi connectivity index (χ0n) is 17.4. The van der Waals surface area contributed by atoms with Crippen molar-refractivity contribution in [3.05, 3.63) is 35.3 Å². The average molecular weight is 455 g/mol. The molecule has 3 aromatic rings. The van der Waals surface area contributed by atoms with E-state index in [1.165, 1.54) is 17.4 Å². The summed E-state index contributed by atoms with van der Waals surface area (Å²) in [5.74, 6) is 0.903. The SMILES string of the molecule is COc1ccc(-c2nc(N3CCOCC3)c3sc(/C=C/C(=O)NCC(N)=O)cc3n2)cn1. The predicted molar refractivity (Wildman–Crippen MR) is 121 cm³/mol. The first-order chi connectivity index (χ1) is 15.5. The van der Waals surface area contributed by atoms with E-state index in [0.29, 0.717) is 24.9 Å². The van der Waals surface area contributed by atoms with E-state index in [1.807, 2.05) is 12.1 Å². The number of anilines is 1. The van der Waals surface area contributed by atoms with Crippen molar-refractivity contribution < 1.29 is 19.1 Å². The summed E-state index contributed by atoms with van der Waals surface area (Å²) in [5, 5.41) is 2.43. The van der Waals surface area contributed by atoms with Crippen LogP contribution in [0.5, 0.6) is 5.88 Å². The van der Waals surface area contributed by atoms with Crippen molar-refractivity contribution in [1.82, 2.24) is 20.3 Å². The molecule has 4 heterocycles. The molecule has 1 fully saturated rings. The molecule has 1 aliphatic heterocycles. The number of aromatic nitrogens is 3. The molecule has 0 radical (unpaired) electrons. The highest BCUT2D eigenvalue weighted by molar-refractivity contribution is 7.20. The standard InChI is InChI=1S/C21H22N6O4S/c1-30-18-5-2-13(11-24-18)20-25-15-10-14(3-4-17(29)23-12-16(22)28)32-19(15)21(26-20)27-6-8-31-9-7-27/h2-5,10-11H,6-9,12H2,1H3,(H2,22,28)(H,23,29)/b4-3+. The van der Waals surface area contributed by atoms with Gasteiger partial charge in [0.15, 0.2) is 11.6 Å². The van der Waals surface area contributed by atoms with Gasteiger partial charge in [-0.05, 0) is 18.2 Å². The van der Waals surface area contributed by atoms with Gasteiger partial charge in [0.05, 0.1) is 37.1 Å². The fraction of sp³-hybridized carbons (Fsp3) is 0.286. The van der Waals surface area contributed by atoms with E-state index in [9.17, 15) is 9.59 Å². The third-order valence-electron chi connectivity index (χ3n) is 4.72. The van der Waals surface area contributed by atoms with Crippen LogP contribution in [0.3, 0.4) is 0 Å². The molecule has 10 nitrogen and oxygen atoms in total. The van der Waals surface area contributed by atoms with E-state index in [4.69, 9.17) is 25.2 Å². The van der Waals surface area contributed by atoms with E-state index in [-0.39, 0.29) is 6.54 Å². The molecule has 32 heavy (non-hydrogen) atoms. The van der Waals surface area contributed by atoms with Gasteiger partial charge in [0.1, 0.15) is 0 Å². The maximum absolute atomic E-state index is 11.9. The van der Waals surface area contributed by atoms with Crippen LogP contribution in [0, 0.1) is 0 Å². The zero-order valence-corrected chi connectivity index (χ0v) is 18.2. The highest BCUT2D eigenvalue weighted by atomic mass is 32.1. The second-order valence-corrected chi connectivity index (χ2v) is 8.02. The number of nitrogens with one attached hydrogen (secondary N) is 1. The van der Waals surface area contributed by atoms with Gasteiger partial charge in [-0.1, -0.05) is 0 Å². The first-order valence-electron chi connectivity index (χ1n) is 9.92. The van der Waals surface area contributed by atoms with E-state index in [2.05, 4.69) is 15.2 Å². The molecule has 0 aromatic carbocycles. The summed E-state index contributed by atoms with van der Waals surface area (Å²) >= 11 is 1.49. The van der Waals surface area contributed by atoms with Crippen molar-refractivity contribution in [1.29, 1.82) is 0 Å². The minimum atomic E-state index is -0.598. The van der Waals surface area contributed by atoms with Crippen LogP contribution in [0.1, 0.15) is 4.88 Å². The molecule has 11 heteroatoms. The molecule has 0 spiro atoms. The van der Waals surface area contributed by atoms with Crippen LogP contribution in [0.2, 0.25) is 0 Å². The molecule has 2 amide bonds. The van der Waals surface area contributed by atoms with Crippen LogP contribution in [0.25, 0.3) is 27.7 Å². The third kappa shape index (κ3) is 5.01. The number of fused-ring (bicyclic) bond motifs is 1. The van der Waals surface area contributed by atoms with Crippen LogP contribution in [0.15, 0.2) is 30.5 Å². The van der Waals surface area contributed by atoms with Gasteiger partial charge in [0, 0.05) is 41.9 Å². The van der Waals surface area contributed by atoms with Crippen molar-refractivity contribution in [2.24, 2.45) is 5.73 Å². The number of thiophene rings is 1. The molecule has 0 aliphatic carbocycles. The van der Waals surface area contributed by atoms with Crippen LogP contribution in [-0.2, 0) is 14.3 Å². The van der Waals surface area contributed by atoms with Gasteiger partial charge in [-0.2, -0.15) is 0 Å². The lowest BCUT2D eigenvalue weighted by Gasteiger charge is -2.28. The molecule has 0 bridgehead atoms. The van der Waals surface area contributed by atoms with Crippen molar-refractivity contribution in [3.8, 4) is 17.3 Å². The quantitative estimate of drug-likeness (QED) is 0.509. The van der Waals surface area contributed by atoms with Crippen LogP contribution in [-0.4, -0.2) is 66.7 Å². The van der Waals surface area contributed by atoms with Crippen molar-refractivity contribution in [2.75, 3.05) is 44.9 Å². The third-order valence-corrected chi connectivity index (χ3v) is 5.81. The molecule has 0 unspecified atom stereocenters. The molecule has 0 atom stereocenters. The van der Waals surface area contributed by atoms with E-state index < -0.39 is 11.8 Å². The minimum absolute atomic E-state index is 0.207. The molecule has 1 saturated heterocycles. The Morgan fingerprint density at radius 1 is 1.31 bits per heavy atom. The van der Waals surface area contributed by atoms with Crippen LogP contribution in [0.4, 0.5) is 5.82 Å². The topological polar surface area (TPSA) is 133 Å². The Bertz CT molecular complexity index is 1160. The number of hydrogen-bond acceptors (Lipinski definition) is 9. The summed E-state index contributed by atoms with van der Waals surface area (Å²) in [6, 6.07) is 5.54. The van der Waals surface area contributed by atoms with Crippen molar-refractivity contribution >= 4 is 45.3 Å². The Morgan fingerprint density at radius 2 is 2.12 bits per heavy atom. The van der Waals surface area contributed by atoms with E-state index in [0.717, 1.165) is 39.6 Å². The Kier molecular flexibility index (Phi) is 6.57. The first-order valence-corrected chi connectivity index (χ1v) is 10.7. The number of carbonyl (C=O) groups is 2. The summed E-state index contributed by atoms with van der Waals surface area (Å²) in [5.41, 5.74) is 6.60. The van der Waals surface area contributed by atoms with E-state index >= 15 is 0 Å². The summed E-state index contributed by atoms with van der Waals surface area (Å²) in [6.45, 7) is 2.50. The number of rotatable bonds is 7. The Morgan fingerprint density at radius 3 is 2.81 bits per heavy atom. The molecule has 1 aliphatic rings. The maximum Gasteiger partial charge on any atom is 0.244 e. The second-order valence-electron chi connectivity index (χ2n) is 6.94. The fourth-order valence-electron chi connectivity index (χ4n) is 3.16. The summed E-state index contributed by atoms with van der Waals surface area (Å²) < 4.78 is 11.6. The summed E-state index contributed by atoms with van der Waals surface area (Å²) in [6.07, 6.45) is 4.73. The molecular formula is C21H22N6O4S. The summed E-state index contributed by atoms with van der Waals surface area (Å²) in [4.78, 5) is 39.5. The lowest BCUT2D eigenvalue weighted by atomic mass is 10.2. The van der Waals surface area contributed by atoms with Crippen molar-refractivity contribution in [2.45, 2.75) is 0 Å². The number of ether oxygens (including phenoxy) is 2. The van der Waals surface area contributed by atoms with Crippen molar-refractivity contribution in [3.63, 3.8) is 0 Å². The lowest BCUT2D eigenvalue weighted by Crippen LogP contribution is -2.36. The highest BCUT2D eigenvalue weighted by Gasteiger charge is 2.20. The fourth-order valence-corrected chi connectivity index (χ4v) is 4.18. The van der Waals surface area contributed by atoms with Gasteiger partial charge in [-0.25, -0.2) is 15.0 Å². The van der Waals surface area contributed by atoms with Gasteiger partial charge in [0.2, 0.25) is 17.7 Å². The molecule has 3 N–H and O–H groups in total. The number of pyridine rings is 1. The zero-order chi connectivity index (χ0) is 22.5. The number of methoxy groups -OCH3 is 1. The smallest absolute Gasteiger partial charge is 0.244 e. The van der Waals surface area contributed by atoms with Gasteiger partial charge in [0.25, 0.3) is 0 Å². The molecule has 0 saturated carbocycles. The number of hydrogen-bond donors (Lipinski definition) is 2. The lowest BCUT2D eigenvalue weighted by molar-refractivity contribution is -0.122. The second kappa shape index (κ2) is 9.71. The number of amides is 2. The Balaban J connectivity index is 1.70. The monoisotopic (exact) mass is 454 g/mol. The largest absolute Gasteiger partial charge is 0.481 e. The van der Waals surface area contributed by atoms with E-state index in [1.54, 1.807) is 25.4 Å². The van der Waals surface area contributed by atoms with Gasteiger partial charge >= 0.3 is 0 Å². The number of primary amides is 1. The number of nitrogens with two attached hydrogens (primary N) is 1. The van der Waals surface area contributed by atoms with Gasteiger partial charge in [-0.15, -0.1) is 11.3 Å². The maximum atomic E-state index is 11.9. The molecule has 166 valence electrons. The average Bonchev–Trinajstić information content (AvgIpc) is 3.24. The Hall–Kier alpha value is -3.57. The van der Waals surface area contributed by atoms with Gasteiger partial charge in [-0.3, -0.25) is 9.59 Å². The Labute approximate surface area is 188 Å². The molecule has 3 aromatic heterocycles. The number of carbonyl (C=O) groups excluding carboxylic acids is 2. The van der Waals surface area contributed by atoms with Crippen LogP contribution < -0.4 is 20.7 Å². The number of nitrogens with zero attached hydrogens (tertiary/aromatic N) is 4. The normalized spacial score (nSPS) is 14.1. The first kappa shape index (κ1) is 21.7. The molecular weight excluding hydrogens is 432 g/mol. The summed E-state index contributed by atoms with van der Waals surface area (Å²) in [7, 11) is 1.57. The predicted octanol–water partition coefficient (Wildman–Crippen LogP) is 1.21. The molecule has 4 rings (SSSR count). The number of morpholine rings is 1. The minimum Gasteiger partial charge on any atom is -0.481 e. The van der Waals surface area contributed by atoms with Crippen LogP contribution >= 0.6 is 11.3 Å². The van der Waals surface area contributed by atoms with Gasteiger partial charge < -0.3 is 25.4 Å². The highest BCUT2D eigenvalue weighted by Crippen LogP contribution is 2.35.